The van der Waals surface area contributed by atoms with E-state index in [4.69, 9.17) is 5.73 Å². The Balaban J connectivity index is 1.86. The lowest BCUT2D eigenvalue weighted by molar-refractivity contribution is -0.128. The van der Waals surface area contributed by atoms with Gasteiger partial charge in [-0.25, -0.2) is 0 Å². The SMILES string of the molecule is CC(C)(CNC(=O)[C@]12CCC(=O)N1c1ccccc1S2)C(N)=O. The molecule has 7 heteroatoms. The average Bonchev–Trinajstić information content (AvgIpc) is 3.01. The van der Waals surface area contributed by atoms with Gasteiger partial charge in [0.05, 0.1) is 11.1 Å². The minimum atomic E-state index is -0.950. The van der Waals surface area contributed by atoms with Crippen molar-refractivity contribution in [2.75, 3.05) is 11.4 Å². The molecule has 2 aliphatic heterocycles. The predicted octanol–water partition coefficient (Wildman–Crippen LogP) is 1.24. The molecule has 0 bridgehead atoms. The van der Waals surface area contributed by atoms with Crippen molar-refractivity contribution >= 4 is 35.2 Å². The number of hydrogen-bond donors (Lipinski definition) is 2. The van der Waals surface area contributed by atoms with Gasteiger partial charge in [0, 0.05) is 17.9 Å². The number of benzene rings is 1. The third-order valence-electron chi connectivity index (χ3n) is 4.39. The van der Waals surface area contributed by atoms with Crippen molar-refractivity contribution in [2.45, 2.75) is 36.5 Å². The Kier molecular flexibility index (Phi) is 3.63. The van der Waals surface area contributed by atoms with E-state index in [0.717, 1.165) is 10.6 Å². The van der Waals surface area contributed by atoms with Crippen molar-refractivity contribution in [3.63, 3.8) is 0 Å². The maximum atomic E-state index is 12.9. The number of nitrogens with one attached hydrogen (secondary N) is 1. The fourth-order valence-corrected chi connectivity index (χ4v) is 4.26. The van der Waals surface area contributed by atoms with Crippen molar-refractivity contribution < 1.29 is 14.4 Å². The number of para-hydroxylation sites is 1. The van der Waals surface area contributed by atoms with Crippen LogP contribution in [0.3, 0.4) is 0 Å². The lowest BCUT2D eigenvalue weighted by Crippen LogP contribution is -2.54. The van der Waals surface area contributed by atoms with Crippen molar-refractivity contribution in [3.05, 3.63) is 24.3 Å². The molecular formula is C16H19N3O3S. The summed E-state index contributed by atoms with van der Waals surface area (Å²) < 4.78 is 0. The van der Waals surface area contributed by atoms with Crippen molar-refractivity contribution in [1.29, 1.82) is 0 Å². The summed E-state index contributed by atoms with van der Waals surface area (Å²) >= 11 is 1.40. The van der Waals surface area contributed by atoms with E-state index in [1.165, 1.54) is 11.8 Å². The molecule has 2 aliphatic rings. The number of nitrogens with zero attached hydrogens (tertiary/aromatic N) is 1. The van der Waals surface area contributed by atoms with Gasteiger partial charge in [0.1, 0.15) is 0 Å². The number of carbonyl (C=O) groups excluding carboxylic acids is 3. The summed E-state index contributed by atoms with van der Waals surface area (Å²) in [5, 5.41) is 2.81. The number of rotatable bonds is 4. The van der Waals surface area contributed by atoms with Gasteiger partial charge in [0.2, 0.25) is 11.8 Å². The van der Waals surface area contributed by atoms with Gasteiger partial charge in [-0.3, -0.25) is 19.3 Å². The molecule has 1 aromatic carbocycles. The topological polar surface area (TPSA) is 92.5 Å². The summed E-state index contributed by atoms with van der Waals surface area (Å²) in [5.74, 6) is -0.775. The maximum absolute atomic E-state index is 12.9. The Morgan fingerprint density at radius 2 is 2.09 bits per heavy atom. The van der Waals surface area contributed by atoms with E-state index in [2.05, 4.69) is 5.32 Å². The molecule has 1 aromatic rings. The summed E-state index contributed by atoms with van der Waals surface area (Å²) in [4.78, 5) is 38.1. The molecule has 3 rings (SSSR count). The quantitative estimate of drug-likeness (QED) is 0.867. The Bertz CT molecular complexity index is 704. The summed E-state index contributed by atoms with van der Waals surface area (Å²) in [6.45, 7) is 3.50. The second-order valence-electron chi connectivity index (χ2n) is 6.51. The molecule has 23 heavy (non-hydrogen) atoms. The molecule has 0 radical (unpaired) electrons. The van der Waals surface area contributed by atoms with Crippen LogP contribution in [0.5, 0.6) is 0 Å². The van der Waals surface area contributed by atoms with E-state index in [0.29, 0.717) is 12.8 Å². The second-order valence-corrected chi connectivity index (χ2v) is 7.83. The molecule has 122 valence electrons. The fourth-order valence-electron chi connectivity index (χ4n) is 2.83. The number of hydrogen-bond acceptors (Lipinski definition) is 4. The lowest BCUT2D eigenvalue weighted by atomic mass is 9.92. The first-order chi connectivity index (χ1) is 10.8. The molecule has 0 aromatic heterocycles. The van der Waals surface area contributed by atoms with E-state index in [9.17, 15) is 14.4 Å². The molecule has 1 fully saturated rings. The third-order valence-corrected chi connectivity index (χ3v) is 5.86. The van der Waals surface area contributed by atoms with Gasteiger partial charge in [0.15, 0.2) is 4.87 Å². The van der Waals surface area contributed by atoms with Gasteiger partial charge in [-0.15, -0.1) is 0 Å². The third kappa shape index (κ3) is 2.39. The normalized spacial score (nSPS) is 22.7. The molecular weight excluding hydrogens is 314 g/mol. The van der Waals surface area contributed by atoms with Crippen LogP contribution in [0.25, 0.3) is 0 Å². The van der Waals surface area contributed by atoms with Crippen LogP contribution in [0, 0.1) is 5.41 Å². The zero-order valence-corrected chi connectivity index (χ0v) is 13.9. The first-order valence-electron chi connectivity index (χ1n) is 7.47. The van der Waals surface area contributed by atoms with E-state index in [1.54, 1.807) is 18.7 Å². The van der Waals surface area contributed by atoms with Gasteiger partial charge in [0.25, 0.3) is 5.91 Å². The molecule has 2 heterocycles. The van der Waals surface area contributed by atoms with Crippen LogP contribution in [0.15, 0.2) is 29.2 Å². The number of fused-ring (bicyclic) bond motifs is 3. The van der Waals surface area contributed by atoms with Crippen LogP contribution in [0.1, 0.15) is 26.7 Å². The molecule has 0 saturated carbocycles. The van der Waals surface area contributed by atoms with Crippen LogP contribution < -0.4 is 16.0 Å². The van der Waals surface area contributed by atoms with Crippen LogP contribution in [-0.2, 0) is 14.4 Å². The van der Waals surface area contributed by atoms with E-state index >= 15 is 0 Å². The Morgan fingerprint density at radius 3 is 2.78 bits per heavy atom. The standard InChI is InChI=1S/C16H19N3O3S/c1-15(2,13(17)21)9-18-14(22)16-8-7-12(20)19(16)10-5-3-4-6-11(10)23-16/h3-6H,7-9H2,1-2H3,(H2,17,21)(H,18,22)/t16-/m1/s1. The van der Waals surface area contributed by atoms with Gasteiger partial charge >= 0.3 is 0 Å². The highest BCUT2D eigenvalue weighted by Crippen LogP contribution is 2.55. The number of carbonyl (C=O) groups is 3. The van der Waals surface area contributed by atoms with Gasteiger partial charge in [-0.1, -0.05) is 23.9 Å². The average molecular weight is 333 g/mol. The monoisotopic (exact) mass is 333 g/mol. The second kappa shape index (κ2) is 5.26. The highest BCUT2D eigenvalue weighted by molar-refractivity contribution is 8.02. The van der Waals surface area contributed by atoms with Crippen LogP contribution in [0.2, 0.25) is 0 Å². The van der Waals surface area contributed by atoms with Crippen LogP contribution in [-0.4, -0.2) is 29.1 Å². The largest absolute Gasteiger partial charge is 0.369 e. The van der Waals surface area contributed by atoms with Gasteiger partial charge in [-0.2, -0.15) is 0 Å². The van der Waals surface area contributed by atoms with Crippen molar-refractivity contribution in [1.82, 2.24) is 5.32 Å². The number of primary amides is 1. The number of amides is 3. The highest BCUT2D eigenvalue weighted by Gasteiger charge is 2.57. The zero-order valence-electron chi connectivity index (χ0n) is 13.1. The number of thioether (sulfide) groups is 1. The van der Waals surface area contributed by atoms with E-state index in [1.807, 2.05) is 24.3 Å². The van der Waals surface area contributed by atoms with Crippen molar-refractivity contribution in [3.8, 4) is 0 Å². The van der Waals surface area contributed by atoms with Gasteiger partial charge < -0.3 is 11.1 Å². The van der Waals surface area contributed by atoms with Crippen LogP contribution >= 0.6 is 11.8 Å². The molecule has 0 unspecified atom stereocenters. The number of anilines is 1. The first-order valence-corrected chi connectivity index (χ1v) is 8.29. The smallest absolute Gasteiger partial charge is 0.257 e. The summed E-state index contributed by atoms with van der Waals surface area (Å²) in [5.41, 5.74) is 5.29. The van der Waals surface area contributed by atoms with E-state index < -0.39 is 16.2 Å². The summed E-state index contributed by atoms with van der Waals surface area (Å²) in [6.07, 6.45) is 0.794. The molecule has 0 spiro atoms. The van der Waals surface area contributed by atoms with Gasteiger partial charge in [-0.05, 0) is 32.4 Å². The molecule has 3 N–H and O–H groups in total. The zero-order chi connectivity index (χ0) is 16.8. The minimum Gasteiger partial charge on any atom is -0.369 e. The molecule has 1 atom stereocenters. The molecule has 1 saturated heterocycles. The predicted molar refractivity (Wildman–Crippen MR) is 87.7 cm³/mol. The molecule has 3 amide bonds. The summed E-state index contributed by atoms with van der Waals surface area (Å²) in [7, 11) is 0. The molecule has 6 nitrogen and oxygen atoms in total. The first kappa shape index (κ1) is 15.9. The van der Waals surface area contributed by atoms with Crippen molar-refractivity contribution in [2.24, 2.45) is 11.1 Å². The Hall–Kier alpha value is -2.02. The highest BCUT2D eigenvalue weighted by atomic mass is 32.2. The Morgan fingerprint density at radius 1 is 1.39 bits per heavy atom. The number of nitrogens with two attached hydrogens (primary N) is 1. The summed E-state index contributed by atoms with van der Waals surface area (Å²) in [6, 6.07) is 7.51. The minimum absolute atomic E-state index is 0.0493. The maximum Gasteiger partial charge on any atom is 0.257 e. The fraction of sp³-hybridized carbons (Fsp3) is 0.438. The Labute approximate surface area is 138 Å². The van der Waals surface area contributed by atoms with E-state index in [-0.39, 0.29) is 18.4 Å². The lowest BCUT2D eigenvalue weighted by Gasteiger charge is -2.31. The molecule has 0 aliphatic carbocycles. The van der Waals surface area contributed by atoms with Crippen LogP contribution in [0.4, 0.5) is 5.69 Å².